The topological polar surface area (TPSA) is 35.5 Å². The van der Waals surface area contributed by atoms with Crippen LogP contribution in [0.5, 0.6) is 0 Å². The Kier molecular flexibility index (Phi) is 9.54. The predicted molar refractivity (Wildman–Crippen MR) is 120 cm³/mol. The predicted octanol–water partition coefficient (Wildman–Crippen LogP) is 5.35. The molecule has 0 bridgehead atoms. The third kappa shape index (κ3) is 7.63. The highest BCUT2D eigenvalue weighted by Gasteiger charge is 2.31. The van der Waals surface area contributed by atoms with Crippen molar-refractivity contribution in [2.45, 2.75) is 108 Å². The molecule has 0 aromatic heterocycles. The first-order chi connectivity index (χ1) is 13.9. The van der Waals surface area contributed by atoms with Crippen LogP contribution < -0.4 is 5.32 Å². The summed E-state index contributed by atoms with van der Waals surface area (Å²) in [7, 11) is 0. The lowest BCUT2D eigenvalue weighted by Crippen LogP contribution is -2.50. The molecule has 0 aromatic rings. The maximum atomic E-state index is 13.3. The van der Waals surface area contributed by atoms with Crippen LogP contribution in [0.4, 0.5) is 4.39 Å². The van der Waals surface area contributed by atoms with Gasteiger partial charge in [0.05, 0.1) is 0 Å². The minimum Gasteiger partial charge on any atom is -0.379 e. The molecular weight excluding hydrogens is 387 g/mol. The molecule has 29 heavy (non-hydrogen) atoms. The lowest BCUT2D eigenvalue weighted by Gasteiger charge is -2.40. The normalized spacial score (nSPS) is 35.0. The highest BCUT2D eigenvalue weighted by Crippen LogP contribution is 2.37. The average molecular weight is 431 g/mol. The molecule has 3 aliphatic rings. The summed E-state index contributed by atoms with van der Waals surface area (Å²) in [5.74, 6) is 2.74. The van der Waals surface area contributed by atoms with E-state index in [0.717, 1.165) is 37.6 Å². The smallest absolute Gasteiger partial charge is 0.105 e. The number of piperidine rings is 1. The Morgan fingerprint density at radius 3 is 2.10 bits per heavy atom. The minimum atomic E-state index is -0.618. The molecule has 2 atom stereocenters. The SMILES string of the molecule is CC(C)[C@H](CN1CCC([C@H]2CC[C@@H](Cl)CC2)CC1)N[C@@H](O)CC1CCC(F)CC1. The summed E-state index contributed by atoms with van der Waals surface area (Å²) in [5.41, 5.74) is 0. The number of hydrogen-bond donors (Lipinski definition) is 2. The third-order valence-corrected chi connectivity index (χ3v) is 8.44. The van der Waals surface area contributed by atoms with Gasteiger partial charge in [0.25, 0.3) is 0 Å². The number of rotatable bonds is 8. The molecular formula is C24H44ClFN2O. The lowest BCUT2D eigenvalue weighted by atomic mass is 9.75. The average Bonchev–Trinajstić information content (AvgIpc) is 2.70. The van der Waals surface area contributed by atoms with Crippen molar-refractivity contribution in [1.82, 2.24) is 10.2 Å². The number of nitrogens with zero attached hydrogens (tertiary/aromatic N) is 1. The molecule has 0 spiro atoms. The highest BCUT2D eigenvalue weighted by molar-refractivity contribution is 6.20. The van der Waals surface area contributed by atoms with E-state index in [-0.39, 0.29) is 0 Å². The summed E-state index contributed by atoms with van der Waals surface area (Å²) in [5, 5.41) is 14.5. The fraction of sp³-hybridized carbons (Fsp3) is 1.00. The van der Waals surface area contributed by atoms with Gasteiger partial charge in [-0.15, -0.1) is 11.6 Å². The monoisotopic (exact) mass is 430 g/mol. The van der Waals surface area contributed by atoms with Gasteiger partial charge in [0.2, 0.25) is 0 Å². The molecule has 3 fully saturated rings. The van der Waals surface area contributed by atoms with Crippen LogP contribution in [0.1, 0.15) is 84.5 Å². The molecule has 0 amide bonds. The van der Waals surface area contributed by atoms with Crippen LogP contribution in [-0.4, -0.2) is 53.5 Å². The van der Waals surface area contributed by atoms with Crippen molar-refractivity contribution >= 4 is 11.6 Å². The molecule has 2 saturated carbocycles. The van der Waals surface area contributed by atoms with Crippen LogP contribution in [0.2, 0.25) is 0 Å². The number of aliphatic hydroxyl groups excluding tert-OH is 1. The quantitative estimate of drug-likeness (QED) is 0.402. The van der Waals surface area contributed by atoms with E-state index < -0.39 is 12.4 Å². The first-order valence-electron chi connectivity index (χ1n) is 12.3. The molecule has 1 heterocycles. The molecule has 2 N–H and O–H groups in total. The molecule has 5 heteroatoms. The Bertz CT molecular complexity index is 456. The number of nitrogens with one attached hydrogen (secondary N) is 1. The van der Waals surface area contributed by atoms with E-state index in [1.165, 1.54) is 51.6 Å². The summed E-state index contributed by atoms with van der Waals surface area (Å²) in [6.45, 7) is 7.89. The van der Waals surface area contributed by atoms with Gasteiger partial charge >= 0.3 is 0 Å². The van der Waals surface area contributed by atoms with Crippen LogP contribution >= 0.6 is 11.6 Å². The Morgan fingerprint density at radius 2 is 1.52 bits per heavy atom. The zero-order chi connectivity index (χ0) is 20.8. The Balaban J connectivity index is 1.39. The fourth-order valence-electron chi connectivity index (χ4n) is 5.88. The van der Waals surface area contributed by atoms with Gasteiger partial charge in [-0.2, -0.15) is 0 Å². The van der Waals surface area contributed by atoms with Gasteiger partial charge < -0.3 is 10.0 Å². The van der Waals surface area contributed by atoms with Gasteiger partial charge in [-0.25, -0.2) is 4.39 Å². The van der Waals surface area contributed by atoms with E-state index in [4.69, 9.17) is 11.6 Å². The molecule has 0 radical (unpaired) electrons. The number of likely N-dealkylation sites (tertiary alicyclic amines) is 1. The first kappa shape index (κ1) is 23.8. The largest absolute Gasteiger partial charge is 0.379 e. The summed E-state index contributed by atoms with van der Waals surface area (Å²) in [4.78, 5) is 2.60. The van der Waals surface area contributed by atoms with Crippen molar-refractivity contribution < 1.29 is 9.50 Å². The van der Waals surface area contributed by atoms with E-state index in [9.17, 15) is 9.50 Å². The van der Waals surface area contributed by atoms with Gasteiger partial charge in [-0.1, -0.05) is 13.8 Å². The van der Waals surface area contributed by atoms with Gasteiger partial charge in [0, 0.05) is 18.0 Å². The first-order valence-corrected chi connectivity index (χ1v) is 12.8. The van der Waals surface area contributed by atoms with Gasteiger partial charge in [0.15, 0.2) is 0 Å². The number of halogens is 2. The van der Waals surface area contributed by atoms with Gasteiger partial charge in [0.1, 0.15) is 12.4 Å². The van der Waals surface area contributed by atoms with E-state index in [1.54, 1.807) is 0 Å². The van der Waals surface area contributed by atoms with Crippen molar-refractivity contribution in [2.24, 2.45) is 23.7 Å². The summed E-state index contributed by atoms with van der Waals surface area (Å²) >= 11 is 6.29. The van der Waals surface area contributed by atoms with Crippen molar-refractivity contribution in [3.63, 3.8) is 0 Å². The van der Waals surface area contributed by atoms with Crippen molar-refractivity contribution in [1.29, 1.82) is 0 Å². The van der Waals surface area contributed by atoms with Crippen LogP contribution in [0.15, 0.2) is 0 Å². The fourth-order valence-corrected chi connectivity index (χ4v) is 6.13. The van der Waals surface area contributed by atoms with Crippen LogP contribution in [0.3, 0.4) is 0 Å². The Morgan fingerprint density at radius 1 is 0.931 bits per heavy atom. The van der Waals surface area contributed by atoms with Crippen LogP contribution in [-0.2, 0) is 0 Å². The van der Waals surface area contributed by atoms with E-state index in [1.807, 2.05) is 0 Å². The molecule has 0 unspecified atom stereocenters. The zero-order valence-corrected chi connectivity index (χ0v) is 19.4. The van der Waals surface area contributed by atoms with E-state index >= 15 is 0 Å². The van der Waals surface area contributed by atoms with Crippen molar-refractivity contribution in [2.75, 3.05) is 19.6 Å². The molecule has 2 aliphatic carbocycles. The summed E-state index contributed by atoms with van der Waals surface area (Å²) in [6, 6.07) is 0.311. The third-order valence-electron chi connectivity index (χ3n) is 8.00. The highest BCUT2D eigenvalue weighted by atomic mass is 35.5. The second kappa shape index (κ2) is 11.6. The van der Waals surface area contributed by atoms with Crippen molar-refractivity contribution in [3.8, 4) is 0 Å². The van der Waals surface area contributed by atoms with Crippen LogP contribution in [0.25, 0.3) is 0 Å². The molecule has 0 aromatic carbocycles. The maximum Gasteiger partial charge on any atom is 0.105 e. The number of aliphatic hydroxyl groups is 1. The lowest BCUT2D eigenvalue weighted by molar-refractivity contribution is 0.0556. The van der Waals surface area contributed by atoms with Gasteiger partial charge in [-0.05, 0) is 107 Å². The van der Waals surface area contributed by atoms with Gasteiger partial charge in [-0.3, -0.25) is 5.32 Å². The van der Waals surface area contributed by atoms with Crippen molar-refractivity contribution in [3.05, 3.63) is 0 Å². The maximum absolute atomic E-state index is 13.3. The molecule has 1 aliphatic heterocycles. The number of alkyl halides is 2. The molecule has 170 valence electrons. The van der Waals surface area contributed by atoms with E-state index in [2.05, 4.69) is 24.1 Å². The molecule has 3 nitrogen and oxygen atoms in total. The zero-order valence-electron chi connectivity index (χ0n) is 18.7. The Labute approximate surface area is 183 Å². The van der Waals surface area contributed by atoms with E-state index in [0.29, 0.717) is 36.1 Å². The van der Waals surface area contributed by atoms with Crippen LogP contribution in [0, 0.1) is 23.7 Å². The summed E-state index contributed by atoms with van der Waals surface area (Å²) in [6.07, 6.45) is 10.6. The standard InChI is InChI=1S/C24H44ClFN2O/c1-17(2)23(27-24(29)15-18-3-9-22(26)10-4-18)16-28-13-11-20(12-14-28)19-5-7-21(25)8-6-19/h17-24,27,29H,3-16H2,1-2H3/t18?,19-,21+,22?,23-,24-/m0/s1. The Hall–Kier alpha value is 0.1000. The number of hydrogen-bond acceptors (Lipinski definition) is 3. The second-order valence-electron chi connectivity index (χ2n) is 10.5. The molecule has 3 rings (SSSR count). The summed E-state index contributed by atoms with van der Waals surface area (Å²) < 4.78 is 13.3. The second-order valence-corrected chi connectivity index (χ2v) is 11.2. The minimum absolute atomic E-state index is 0.311. The molecule has 1 saturated heterocycles.